The predicted octanol–water partition coefficient (Wildman–Crippen LogP) is 2.79. The van der Waals surface area contributed by atoms with E-state index in [1.165, 1.54) is 0 Å². The van der Waals surface area contributed by atoms with Crippen molar-refractivity contribution in [2.45, 2.75) is 26.8 Å². The Bertz CT molecular complexity index is 933. The second-order valence-corrected chi connectivity index (χ2v) is 6.63. The lowest BCUT2D eigenvalue weighted by Gasteiger charge is -2.09. The molecule has 0 aliphatic heterocycles. The maximum Gasteiger partial charge on any atom is 0.255 e. The third kappa shape index (κ3) is 3.62. The van der Waals surface area contributed by atoms with Crippen molar-refractivity contribution in [2.75, 3.05) is 6.61 Å². The number of halogens is 1. The summed E-state index contributed by atoms with van der Waals surface area (Å²) in [5, 5.41) is 8.54. The summed E-state index contributed by atoms with van der Waals surface area (Å²) >= 11 is 3.52. The fourth-order valence-electron chi connectivity index (χ4n) is 2.50. The van der Waals surface area contributed by atoms with E-state index in [1.54, 1.807) is 24.3 Å². The maximum atomic E-state index is 10.7. The smallest absolute Gasteiger partial charge is 0.255 e. The SMILES string of the molecule is Cc1nn(C(C)c2nc(-c3ccc(OCC(N)=O)cc3)no2)c(C)c1Br. The van der Waals surface area contributed by atoms with Crippen molar-refractivity contribution >= 4 is 21.8 Å². The van der Waals surface area contributed by atoms with Gasteiger partial charge in [0.25, 0.3) is 11.8 Å². The minimum Gasteiger partial charge on any atom is -0.484 e. The molecule has 2 heterocycles. The third-order valence-electron chi connectivity index (χ3n) is 3.90. The summed E-state index contributed by atoms with van der Waals surface area (Å²) in [4.78, 5) is 15.2. The summed E-state index contributed by atoms with van der Waals surface area (Å²) in [5.41, 5.74) is 7.72. The summed E-state index contributed by atoms with van der Waals surface area (Å²) in [7, 11) is 0. The van der Waals surface area contributed by atoms with Crippen LogP contribution in [0.25, 0.3) is 11.4 Å². The number of carbonyl (C=O) groups is 1. The van der Waals surface area contributed by atoms with E-state index in [0.717, 1.165) is 21.4 Å². The molecule has 0 spiro atoms. The number of amides is 1. The number of hydrogen-bond acceptors (Lipinski definition) is 6. The number of hydrogen-bond donors (Lipinski definition) is 1. The molecule has 26 heavy (non-hydrogen) atoms. The van der Waals surface area contributed by atoms with E-state index in [1.807, 2.05) is 25.5 Å². The molecule has 3 rings (SSSR count). The van der Waals surface area contributed by atoms with Crippen LogP contribution in [0.3, 0.4) is 0 Å². The van der Waals surface area contributed by atoms with E-state index in [2.05, 4.69) is 31.2 Å². The van der Waals surface area contributed by atoms with E-state index >= 15 is 0 Å². The zero-order chi connectivity index (χ0) is 18.8. The molecule has 1 unspecified atom stereocenters. The quantitative estimate of drug-likeness (QED) is 0.657. The molecule has 0 saturated heterocycles. The highest BCUT2D eigenvalue weighted by Gasteiger charge is 2.21. The second kappa shape index (κ2) is 7.28. The van der Waals surface area contributed by atoms with E-state index in [9.17, 15) is 4.79 Å². The first-order chi connectivity index (χ1) is 12.4. The Hall–Kier alpha value is -2.68. The highest BCUT2D eigenvalue weighted by Crippen LogP contribution is 2.27. The average molecular weight is 420 g/mol. The average Bonchev–Trinajstić information content (AvgIpc) is 3.21. The molecule has 3 aromatic rings. The molecular weight excluding hydrogens is 402 g/mol. The van der Waals surface area contributed by atoms with E-state index in [-0.39, 0.29) is 12.6 Å². The first kappa shape index (κ1) is 18.1. The Morgan fingerprint density at radius 3 is 2.62 bits per heavy atom. The van der Waals surface area contributed by atoms with Crippen LogP contribution in [-0.2, 0) is 4.79 Å². The van der Waals surface area contributed by atoms with E-state index < -0.39 is 5.91 Å². The number of nitrogens with zero attached hydrogens (tertiary/aromatic N) is 4. The number of rotatable bonds is 6. The topological polar surface area (TPSA) is 109 Å². The maximum absolute atomic E-state index is 10.7. The molecular formula is C17H18BrN5O3. The molecule has 0 bridgehead atoms. The fraction of sp³-hybridized carbons (Fsp3) is 0.294. The second-order valence-electron chi connectivity index (χ2n) is 5.84. The molecule has 136 valence electrons. The predicted molar refractivity (Wildman–Crippen MR) is 97.6 cm³/mol. The van der Waals surface area contributed by atoms with Crippen molar-refractivity contribution in [3.05, 3.63) is 46.0 Å². The van der Waals surface area contributed by atoms with Gasteiger partial charge in [0.15, 0.2) is 6.61 Å². The van der Waals surface area contributed by atoms with Crippen LogP contribution in [-0.4, -0.2) is 32.4 Å². The Kier molecular flexibility index (Phi) is 5.08. The van der Waals surface area contributed by atoms with Crippen LogP contribution in [0.1, 0.15) is 30.2 Å². The third-order valence-corrected chi connectivity index (χ3v) is 5.04. The lowest BCUT2D eigenvalue weighted by Crippen LogP contribution is -2.19. The Balaban J connectivity index is 1.79. The summed E-state index contributed by atoms with van der Waals surface area (Å²) in [6.45, 7) is 5.69. The van der Waals surface area contributed by atoms with Gasteiger partial charge in [-0.05, 0) is 61.0 Å². The van der Waals surface area contributed by atoms with Crippen molar-refractivity contribution < 1.29 is 14.1 Å². The van der Waals surface area contributed by atoms with Crippen LogP contribution in [0.5, 0.6) is 5.75 Å². The van der Waals surface area contributed by atoms with Gasteiger partial charge >= 0.3 is 0 Å². The van der Waals surface area contributed by atoms with Gasteiger partial charge in [-0.3, -0.25) is 9.48 Å². The Morgan fingerprint density at radius 1 is 1.35 bits per heavy atom. The Morgan fingerprint density at radius 2 is 2.04 bits per heavy atom. The number of nitrogens with two attached hydrogens (primary N) is 1. The molecule has 0 fully saturated rings. The monoisotopic (exact) mass is 419 g/mol. The minimum atomic E-state index is -0.526. The van der Waals surface area contributed by atoms with E-state index in [0.29, 0.717) is 17.5 Å². The molecule has 8 nitrogen and oxygen atoms in total. The van der Waals surface area contributed by atoms with Crippen LogP contribution in [0, 0.1) is 13.8 Å². The standard InChI is InChI=1S/C17H18BrN5O3/c1-9-15(18)10(2)23(21-9)11(3)17-20-16(22-26-17)12-4-6-13(7-5-12)25-8-14(19)24/h4-7,11H,8H2,1-3H3,(H2,19,24). The van der Waals surface area contributed by atoms with Crippen molar-refractivity contribution in [1.82, 2.24) is 19.9 Å². The minimum absolute atomic E-state index is 0.165. The summed E-state index contributed by atoms with van der Waals surface area (Å²) in [6.07, 6.45) is 0. The zero-order valence-electron chi connectivity index (χ0n) is 14.6. The van der Waals surface area contributed by atoms with Crippen LogP contribution in [0.2, 0.25) is 0 Å². The molecule has 0 aliphatic carbocycles. The van der Waals surface area contributed by atoms with Crippen LogP contribution >= 0.6 is 15.9 Å². The number of aromatic nitrogens is 4. The van der Waals surface area contributed by atoms with Gasteiger partial charge in [0.2, 0.25) is 5.82 Å². The highest BCUT2D eigenvalue weighted by molar-refractivity contribution is 9.10. The van der Waals surface area contributed by atoms with Crippen LogP contribution in [0.15, 0.2) is 33.3 Å². The van der Waals surface area contributed by atoms with Gasteiger partial charge in [0, 0.05) is 5.56 Å². The largest absolute Gasteiger partial charge is 0.484 e. The zero-order valence-corrected chi connectivity index (χ0v) is 16.1. The molecule has 2 N–H and O–H groups in total. The number of carbonyl (C=O) groups excluding carboxylic acids is 1. The number of aryl methyl sites for hydroxylation is 1. The summed E-state index contributed by atoms with van der Waals surface area (Å²) in [5.74, 6) is 0.944. The molecule has 0 aliphatic rings. The first-order valence-corrected chi connectivity index (χ1v) is 8.72. The number of ether oxygens (including phenoxy) is 1. The van der Waals surface area contributed by atoms with Gasteiger partial charge in [0.05, 0.1) is 15.9 Å². The lowest BCUT2D eigenvalue weighted by molar-refractivity contribution is -0.119. The molecule has 0 saturated carbocycles. The molecule has 1 amide bonds. The van der Waals surface area contributed by atoms with Crippen molar-refractivity contribution in [3.63, 3.8) is 0 Å². The lowest BCUT2D eigenvalue weighted by atomic mass is 10.2. The molecule has 0 radical (unpaired) electrons. The highest BCUT2D eigenvalue weighted by atomic mass is 79.9. The summed E-state index contributed by atoms with van der Waals surface area (Å²) < 4.78 is 13.5. The summed E-state index contributed by atoms with van der Waals surface area (Å²) in [6, 6.07) is 6.82. The molecule has 2 aromatic heterocycles. The first-order valence-electron chi connectivity index (χ1n) is 7.93. The van der Waals surface area contributed by atoms with Gasteiger partial charge in [0.1, 0.15) is 11.8 Å². The fourth-order valence-corrected chi connectivity index (χ4v) is 2.76. The van der Waals surface area contributed by atoms with Gasteiger partial charge in [-0.15, -0.1) is 0 Å². The van der Waals surface area contributed by atoms with E-state index in [4.69, 9.17) is 15.0 Å². The van der Waals surface area contributed by atoms with Crippen LogP contribution < -0.4 is 10.5 Å². The molecule has 1 aromatic carbocycles. The van der Waals surface area contributed by atoms with Gasteiger partial charge < -0.3 is 15.0 Å². The van der Waals surface area contributed by atoms with Gasteiger partial charge in [-0.25, -0.2) is 0 Å². The number of benzene rings is 1. The number of primary amides is 1. The Labute approximate surface area is 158 Å². The molecule has 9 heteroatoms. The van der Waals surface area contributed by atoms with Gasteiger partial charge in [-0.1, -0.05) is 5.16 Å². The van der Waals surface area contributed by atoms with Crippen LogP contribution in [0.4, 0.5) is 0 Å². The normalized spacial score (nSPS) is 12.2. The van der Waals surface area contributed by atoms with Gasteiger partial charge in [-0.2, -0.15) is 10.1 Å². The van der Waals surface area contributed by atoms with Crippen molar-refractivity contribution in [2.24, 2.45) is 5.73 Å². The molecule has 1 atom stereocenters. The van der Waals surface area contributed by atoms with Crippen molar-refractivity contribution in [1.29, 1.82) is 0 Å². The van der Waals surface area contributed by atoms with Crippen molar-refractivity contribution in [3.8, 4) is 17.1 Å².